The van der Waals surface area contributed by atoms with Crippen LogP contribution in [0.2, 0.25) is 0 Å². The number of anilines is 1. The number of alkyl halides is 1. The zero-order chi connectivity index (χ0) is 23.0. The molecule has 1 atom stereocenters. The van der Waals surface area contributed by atoms with Gasteiger partial charge in [-0.05, 0) is 33.8 Å². The highest BCUT2D eigenvalue weighted by Crippen LogP contribution is 2.27. The van der Waals surface area contributed by atoms with E-state index in [0.29, 0.717) is 22.5 Å². The summed E-state index contributed by atoms with van der Waals surface area (Å²) in [5, 5.41) is 25.2. The third-order valence-electron chi connectivity index (χ3n) is 4.98. The van der Waals surface area contributed by atoms with Crippen molar-refractivity contribution in [2.24, 2.45) is 0 Å². The summed E-state index contributed by atoms with van der Waals surface area (Å²) in [5.41, 5.74) is 1.28. The van der Waals surface area contributed by atoms with Crippen molar-refractivity contribution in [1.29, 1.82) is 0 Å². The molecule has 4 heterocycles. The van der Waals surface area contributed by atoms with Crippen molar-refractivity contribution in [3.05, 3.63) is 42.7 Å². The van der Waals surface area contributed by atoms with Gasteiger partial charge in [0.05, 0.1) is 58.6 Å². The highest BCUT2D eigenvalue weighted by atomic mass is 19.1. The molecule has 0 radical (unpaired) electrons. The molecule has 0 saturated carbocycles. The summed E-state index contributed by atoms with van der Waals surface area (Å²) in [4.78, 5) is 21.1. The van der Waals surface area contributed by atoms with E-state index in [-0.39, 0.29) is 18.2 Å². The SMILES string of the molecule is CC(C)Nc1c(C(=O)NCC(F)C(C)(C)O)cnn2cc(-n3ncc4cncnc43)cc12. The molecule has 0 aliphatic heterocycles. The Hall–Kier alpha value is -3.60. The second kappa shape index (κ2) is 8.15. The molecule has 0 spiro atoms. The standard InChI is InChI=1S/C21H25FN8O2/c1-12(2)28-18-15(20(31)24-9-17(22)21(3,4)32)8-26-29-10-14(5-16(18)29)30-19-13(7-27-30)6-23-11-25-19/h5-8,10-12,17,28,32H,9H2,1-4H3,(H,24,31). The molecule has 1 unspecified atom stereocenters. The lowest BCUT2D eigenvalue weighted by atomic mass is 10.0. The molecule has 1 amide bonds. The van der Waals surface area contributed by atoms with Crippen LogP contribution in [0.15, 0.2) is 37.2 Å². The van der Waals surface area contributed by atoms with Crippen molar-refractivity contribution in [3.8, 4) is 5.69 Å². The third kappa shape index (κ3) is 4.11. The van der Waals surface area contributed by atoms with Crippen molar-refractivity contribution in [2.75, 3.05) is 11.9 Å². The molecule has 11 heteroatoms. The number of carbonyl (C=O) groups is 1. The Balaban J connectivity index is 1.73. The summed E-state index contributed by atoms with van der Waals surface area (Å²) in [6, 6.07) is 1.87. The maximum absolute atomic E-state index is 14.1. The van der Waals surface area contributed by atoms with Gasteiger partial charge in [-0.3, -0.25) is 4.79 Å². The number of fused-ring (bicyclic) bond motifs is 2. The predicted molar refractivity (Wildman–Crippen MR) is 118 cm³/mol. The number of nitrogens with one attached hydrogen (secondary N) is 2. The molecule has 0 aromatic carbocycles. The largest absolute Gasteiger partial charge is 0.387 e. The van der Waals surface area contributed by atoms with E-state index in [9.17, 15) is 14.3 Å². The Morgan fingerprint density at radius 1 is 1.25 bits per heavy atom. The summed E-state index contributed by atoms with van der Waals surface area (Å²) < 4.78 is 17.4. The Kier molecular flexibility index (Phi) is 5.51. The Morgan fingerprint density at radius 2 is 2.03 bits per heavy atom. The summed E-state index contributed by atoms with van der Waals surface area (Å²) in [7, 11) is 0. The number of carbonyl (C=O) groups excluding carboxylic acids is 1. The second-order valence-electron chi connectivity index (χ2n) is 8.45. The molecule has 4 aromatic rings. The molecular weight excluding hydrogens is 415 g/mol. The quantitative estimate of drug-likeness (QED) is 0.402. The summed E-state index contributed by atoms with van der Waals surface area (Å²) in [6.45, 7) is 6.29. The predicted octanol–water partition coefficient (Wildman–Crippen LogP) is 2.12. The maximum atomic E-state index is 14.1. The van der Waals surface area contributed by atoms with E-state index in [1.807, 2.05) is 19.9 Å². The van der Waals surface area contributed by atoms with Gasteiger partial charge in [-0.15, -0.1) is 0 Å². The van der Waals surface area contributed by atoms with E-state index < -0.39 is 17.7 Å². The minimum absolute atomic E-state index is 0.0228. The van der Waals surface area contributed by atoms with Gasteiger partial charge >= 0.3 is 0 Å². The minimum Gasteiger partial charge on any atom is -0.387 e. The van der Waals surface area contributed by atoms with Crippen LogP contribution in [0, 0.1) is 0 Å². The van der Waals surface area contributed by atoms with Crippen molar-refractivity contribution in [2.45, 2.75) is 45.5 Å². The van der Waals surface area contributed by atoms with Crippen molar-refractivity contribution in [1.82, 2.24) is 34.7 Å². The number of hydrogen-bond acceptors (Lipinski definition) is 7. The first-order valence-corrected chi connectivity index (χ1v) is 10.2. The second-order valence-corrected chi connectivity index (χ2v) is 8.45. The van der Waals surface area contributed by atoms with Crippen molar-refractivity contribution >= 4 is 28.1 Å². The van der Waals surface area contributed by atoms with E-state index in [0.717, 1.165) is 5.39 Å². The number of nitrogens with zero attached hydrogens (tertiary/aromatic N) is 6. The summed E-state index contributed by atoms with van der Waals surface area (Å²) >= 11 is 0. The van der Waals surface area contributed by atoms with Gasteiger partial charge in [0.2, 0.25) is 0 Å². The Morgan fingerprint density at radius 3 is 2.75 bits per heavy atom. The fourth-order valence-electron chi connectivity index (χ4n) is 3.26. The molecule has 4 rings (SSSR count). The normalized spacial score (nSPS) is 13.1. The number of amides is 1. The van der Waals surface area contributed by atoms with Gasteiger partial charge in [0.15, 0.2) is 5.65 Å². The van der Waals surface area contributed by atoms with Crippen LogP contribution in [0.1, 0.15) is 38.1 Å². The number of aromatic nitrogens is 6. The zero-order valence-electron chi connectivity index (χ0n) is 18.2. The van der Waals surface area contributed by atoms with Crippen LogP contribution in [0.3, 0.4) is 0 Å². The van der Waals surface area contributed by atoms with Gasteiger partial charge in [0.1, 0.15) is 12.5 Å². The van der Waals surface area contributed by atoms with Gasteiger partial charge in [-0.25, -0.2) is 23.6 Å². The van der Waals surface area contributed by atoms with Crippen LogP contribution in [-0.2, 0) is 0 Å². The highest BCUT2D eigenvalue weighted by molar-refractivity contribution is 6.03. The monoisotopic (exact) mass is 440 g/mol. The van der Waals surface area contributed by atoms with Crippen LogP contribution in [0.4, 0.5) is 10.1 Å². The first-order chi connectivity index (χ1) is 15.1. The van der Waals surface area contributed by atoms with Gasteiger partial charge in [-0.1, -0.05) is 0 Å². The number of rotatable bonds is 7. The summed E-state index contributed by atoms with van der Waals surface area (Å²) in [6.07, 6.45) is 6.40. The van der Waals surface area contributed by atoms with Crippen LogP contribution in [0.5, 0.6) is 0 Å². The highest BCUT2D eigenvalue weighted by Gasteiger charge is 2.27. The van der Waals surface area contributed by atoms with Crippen molar-refractivity contribution in [3.63, 3.8) is 0 Å². The molecular formula is C21H25FN8O2. The van der Waals surface area contributed by atoms with Gasteiger partial charge in [0.25, 0.3) is 5.91 Å². The molecule has 0 bridgehead atoms. The topological polar surface area (TPSA) is 122 Å². The number of aliphatic hydroxyl groups is 1. The molecule has 3 N–H and O–H groups in total. The molecule has 0 fully saturated rings. The lowest BCUT2D eigenvalue weighted by Crippen LogP contribution is -2.42. The molecule has 0 aliphatic carbocycles. The van der Waals surface area contributed by atoms with Crippen LogP contribution in [0.25, 0.3) is 22.2 Å². The lowest BCUT2D eigenvalue weighted by molar-refractivity contribution is -0.00177. The molecule has 168 valence electrons. The molecule has 32 heavy (non-hydrogen) atoms. The molecule has 4 aromatic heterocycles. The number of halogens is 1. The van der Waals surface area contributed by atoms with Crippen LogP contribution in [-0.4, -0.2) is 64.7 Å². The number of hydrogen-bond donors (Lipinski definition) is 3. The van der Waals surface area contributed by atoms with E-state index in [1.54, 1.807) is 27.8 Å². The maximum Gasteiger partial charge on any atom is 0.255 e. The van der Waals surface area contributed by atoms with Crippen LogP contribution >= 0.6 is 0 Å². The third-order valence-corrected chi connectivity index (χ3v) is 4.98. The van der Waals surface area contributed by atoms with Crippen LogP contribution < -0.4 is 10.6 Å². The van der Waals surface area contributed by atoms with E-state index in [2.05, 4.69) is 30.8 Å². The Labute approximate surface area is 183 Å². The first-order valence-electron chi connectivity index (χ1n) is 10.2. The van der Waals surface area contributed by atoms with E-state index in [1.165, 1.54) is 26.4 Å². The van der Waals surface area contributed by atoms with E-state index >= 15 is 0 Å². The fourth-order valence-corrected chi connectivity index (χ4v) is 3.26. The minimum atomic E-state index is -1.61. The zero-order valence-corrected chi connectivity index (χ0v) is 18.2. The molecule has 0 saturated heterocycles. The van der Waals surface area contributed by atoms with Crippen molar-refractivity contribution < 1.29 is 14.3 Å². The van der Waals surface area contributed by atoms with Gasteiger partial charge < -0.3 is 15.7 Å². The van der Waals surface area contributed by atoms with E-state index in [4.69, 9.17) is 0 Å². The molecule has 0 aliphatic rings. The smallest absolute Gasteiger partial charge is 0.255 e. The first kappa shape index (κ1) is 21.6. The fraction of sp³-hybridized carbons (Fsp3) is 0.381. The van der Waals surface area contributed by atoms with Gasteiger partial charge in [-0.2, -0.15) is 10.2 Å². The average molecular weight is 440 g/mol. The lowest BCUT2D eigenvalue weighted by Gasteiger charge is -2.23. The molecule has 10 nitrogen and oxygen atoms in total. The van der Waals surface area contributed by atoms with Gasteiger partial charge in [0, 0.05) is 12.2 Å². The average Bonchev–Trinajstić information content (AvgIpc) is 3.35. The Bertz CT molecular complexity index is 1270. The summed E-state index contributed by atoms with van der Waals surface area (Å²) in [5.74, 6) is -0.491.